The summed E-state index contributed by atoms with van der Waals surface area (Å²) < 4.78 is 11.2. The number of ether oxygens (including phenoxy) is 2. The minimum absolute atomic E-state index is 0.0407. The van der Waals surface area contributed by atoms with Crippen LogP contribution in [0, 0.1) is 0 Å². The van der Waals surface area contributed by atoms with Crippen LogP contribution >= 0.6 is 0 Å². The van der Waals surface area contributed by atoms with Gasteiger partial charge in [-0.05, 0) is 42.2 Å². The van der Waals surface area contributed by atoms with Gasteiger partial charge < -0.3 is 14.8 Å². The molecule has 0 saturated heterocycles. The Balaban J connectivity index is 1.30. The molecule has 2 aromatic carbocycles. The highest BCUT2D eigenvalue weighted by Gasteiger charge is 2.19. The Morgan fingerprint density at radius 1 is 1.11 bits per heavy atom. The van der Waals surface area contributed by atoms with E-state index in [1.807, 2.05) is 31.2 Å². The van der Waals surface area contributed by atoms with Gasteiger partial charge in [-0.2, -0.15) is 0 Å². The predicted octanol–water partition coefficient (Wildman–Crippen LogP) is 3.42. The number of hydrogen-bond donors (Lipinski definition) is 1. The van der Waals surface area contributed by atoms with Crippen molar-refractivity contribution in [1.82, 2.24) is 10.2 Å². The molecule has 5 heteroatoms. The van der Waals surface area contributed by atoms with Crippen LogP contribution in [0.4, 0.5) is 0 Å². The molecule has 0 bridgehead atoms. The molecule has 0 radical (unpaired) electrons. The molecule has 146 valence electrons. The molecular weight excluding hydrogens is 352 g/mol. The predicted molar refractivity (Wildman–Crippen MR) is 109 cm³/mol. The second kappa shape index (κ2) is 8.48. The van der Waals surface area contributed by atoms with Gasteiger partial charge in [-0.15, -0.1) is 0 Å². The van der Waals surface area contributed by atoms with Crippen molar-refractivity contribution < 1.29 is 14.3 Å². The van der Waals surface area contributed by atoms with E-state index in [1.165, 1.54) is 11.1 Å². The van der Waals surface area contributed by atoms with Gasteiger partial charge in [0, 0.05) is 13.1 Å². The fourth-order valence-corrected chi connectivity index (χ4v) is 3.67. The summed E-state index contributed by atoms with van der Waals surface area (Å²) in [5, 5.41) is 3.10. The van der Waals surface area contributed by atoms with Crippen LogP contribution in [0.25, 0.3) is 5.57 Å². The summed E-state index contributed by atoms with van der Waals surface area (Å²) in [5.41, 5.74) is 3.66. The topological polar surface area (TPSA) is 50.8 Å². The summed E-state index contributed by atoms with van der Waals surface area (Å²) in [4.78, 5) is 14.7. The first-order valence-electron chi connectivity index (χ1n) is 9.85. The maximum absolute atomic E-state index is 12.5. The zero-order chi connectivity index (χ0) is 19.3. The summed E-state index contributed by atoms with van der Waals surface area (Å²) in [7, 11) is 0. The molecule has 2 aliphatic rings. The monoisotopic (exact) mass is 378 g/mol. The average molecular weight is 378 g/mol. The number of nitrogens with zero attached hydrogens (tertiary/aromatic N) is 1. The van der Waals surface area contributed by atoms with Crippen molar-refractivity contribution in [3.8, 4) is 11.5 Å². The number of benzene rings is 2. The van der Waals surface area contributed by atoms with Crippen molar-refractivity contribution >= 4 is 11.5 Å². The SMILES string of the molecule is C[C@@H](NC(=O)CN1CC=C(c2ccccc2)CC1)c1ccc2c(c1)OCCO2. The third kappa shape index (κ3) is 4.37. The van der Waals surface area contributed by atoms with Gasteiger partial charge >= 0.3 is 0 Å². The number of hydrogen-bond acceptors (Lipinski definition) is 4. The third-order valence-corrected chi connectivity index (χ3v) is 5.25. The van der Waals surface area contributed by atoms with E-state index in [0.29, 0.717) is 19.8 Å². The Labute approximate surface area is 165 Å². The molecule has 1 N–H and O–H groups in total. The van der Waals surface area contributed by atoms with Crippen molar-refractivity contribution in [2.24, 2.45) is 0 Å². The molecule has 0 aliphatic carbocycles. The molecule has 0 unspecified atom stereocenters. The number of nitrogens with one attached hydrogen (secondary N) is 1. The Bertz CT molecular complexity index is 863. The van der Waals surface area contributed by atoms with E-state index < -0.39 is 0 Å². The van der Waals surface area contributed by atoms with E-state index in [-0.39, 0.29) is 11.9 Å². The van der Waals surface area contributed by atoms with Crippen molar-refractivity contribution in [3.05, 3.63) is 65.7 Å². The second-order valence-electron chi connectivity index (χ2n) is 7.27. The van der Waals surface area contributed by atoms with Gasteiger partial charge in [-0.3, -0.25) is 9.69 Å². The summed E-state index contributed by atoms with van der Waals surface area (Å²) >= 11 is 0. The van der Waals surface area contributed by atoms with Crippen LogP contribution in [-0.4, -0.2) is 43.7 Å². The van der Waals surface area contributed by atoms with Crippen LogP contribution in [0.5, 0.6) is 11.5 Å². The molecule has 0 spiro atoms. The fourth-order valence-electron chi connectivity index (χ4n) is 3.67. The summed E-state index contributed by atoms with van der Waals surface area (Å²) in [6, 6.07) is 16.2. The van der Waals surface area contributed by atoms with Crippen molar-refractivity contribution in [2.75, 3.05) is 32.8 Å². The van der Waals surface area contributed by atoms with E-state index in [2.05, 4.69) is 40.6 Å². The standard InChI is InChI=1S/C23H26N2O3/c1-17(20-7-8-21-22(15-20)28-14-13-27-21)24-23(26)16-25-11-9-19(10-12-25)18-5-3-2-4-6-18/h2-9,15,17H,10-14,16H2,1H3,(H,24,26)/t17-/m1/s1. The average Bonchev–Trinajstić information content (AvgIpc) is 2.74. The minimum Gasteiger partial charge on any atom is -0.486 e. The smallest absolute Gasteiger partial charge is 0.234 e. The summed E-state index contributed by atoms with van der Waals surface area (Å²) in [6.45, 7) is 5.24. The molecule has 1 atom stereocenters. The van der Waals surface area contributed by atoms with Gasteiger partial charge in [0.1, 0.15) is 13.2 Å². The Morgan fingerprint density at radius 3 is 2.64 bits per heavy atom. The van der Waals surface area contributed by atoms with Gasteiger partial charge in [-0.25, -0.2) is 0 Å². The van der Waals surface area contributed by atoms with Crippen LogP contribution in [0.2, 0.25) is 0 Å². The number of fused-ring (bicyclic) bond motifs is 1. The molecule has 0 aromatic heterocycles. The third-order valence-electron chi connectivity index (χ3n) is 5.25. The van der Waals surface area contributed by atoms with E-state index in [4.69, 9.17) is 9.47 Å². The lowest BCUT2D eigenvalue weighted by Gasteiger charge is -2.27. The number of amides is 1. The van der Waals surface area contributed by atoms with E-state index in [1.54, 1.807) is 0 Å². The molecule has 28 heavy (non-hydrogen) atoms. The summed E-state index contributed by atoms with van der Waals surface area (Å²) in [5.74, 6) is 1.56. The molecule has 1 amide bonds. The van der Waals surface area contributed by atoms with Crippen LogP contribution in [0.1, 0.15) is 30.5 Å². The lowest BCUT2D eigenvalue weighted by atomic mass is 9.99. The Hall–Kier alpha value is -2.79. The van der Waals surface area contributed by atoms with Crippen LogP contribution in [0.15, 0.2) is 54.6 Å². The highest BCUT2D eigenvalue weighted by molar-refractivity contribution is 5.79. The maximum Gasteiger partial charge on any atom is 0.234 e. The van der Waals surface area contributed by atoms with E-state index >= 15 is 0 Å². The molecule has 2 aliphatic heterocycles. The minimum atomic E-state index is -0.0801. The van der Waals surface area contributed by atoms with E-state index in [9.17, 15) is 4.79 Å². The lowest BCUT2D eigenvalue weighted by Crippen LogP contribution is -2.40. The van der Waals surface area contributed by atoms with Gasteiger partial charge in [0.25, 0.3) is 0 Å². The maximum atomic E-state index is 12.5. The van der Waals surface area contributed by atoms with Crippen LogP contribution < -0.4 is 14.8 Å². The van der Waals surface area contributed by atoms with Crippen molar-refractivity contribution in [1.29, 1.82) is 0 Å². The van der Waals surface area contributed by atoms with Gasteiger partial charge in [-0.1, -0.05) is 42.5 Å². The molecule has 4 rings (SSSR count). The first-order valence-corrected chi connectivity index (χ1v) is 9.85. The largest absolute Gasteiger partial charge is 0.486 e. The summed E-state index contributed by atoms with van der Waals surface area (Å²) in [6.07, 6.45) is 3.20. The van der Waals surface area contributed by atoms with Gasteiger partial charge in [0.2, 0.25) is 5.91 Å². The number of carbonyl (C=O) groups is 1. The molecule has 0 fully saturated rings. The second-order valence-corrected chi connectivity index (χ2v) is 7.27. The molecule has 2 heterocycles. The van der Waals surface area contributed by atoms with Crippen LogP contribution in [-0.2, 0) is 4.79 Å². The first-order chi connectivity index (χ1) is 13.7. The fraction of sp³-hybridized carbons (Fsp3) is 0.348. The molecule has 2 aromatic rings. The van der Waals surface area contributed by atoms with Gasteiger partial charge in [0.15, 0.2) is 11.5 Å². The van der Waals surface area contributed by atoms with Crippen LogP contribution in [0.3, 0.4) is 0 Å². The molecule has 0 saturated carbocycles. The number of rotatable bonds is 5. The van der Waals surface area contributed by atoms with E-state index in [0.717, 1.165) is 36.6 Å². The zero-order valence-corrected chi connectivity index (χ0v) is 16.2. The van der Waals surface area contributed by atoms with Crippen molar-refractivity contribution in [2.45, 2.75) is 19.4 Å². The lowest BCUT2D eigenvalue weighted by molar-refractivity contribution is -0.122. The van der Waals surface area contributed by atoms with Crippen molar-refractivity contribution in [3.63, 3.8) is 0 Å². The Kier molecular flexibility index (Phi) is 5.63. The first kappa shape index (κ1) is 18.6. The zero-order valence-electron chi connectivity index (χ0n) is 16.2. The number of carbonyl (C=O) groups excluding carboxylic acids is 1. The molecule has 5 nitrogen and oxygen atoms in total. The normalized spacial score (nSPS) is 17.5. The quantitative estimate of drug-likeness (QED) is 0.866. The highest BCUT2D eigenvalue weighted by Crippen LogP contribution is 2.32. The Morgan fingerprint density at radius 2 is 1.89 bits per heavy atom. The molecular formula is C23H26N2O3. The van der Waals surface area contributed by atoms with Gasteiger partial charge in [0.05, 0.1) is 12.6 Å². The highest BCUT2D eigenvalue weighted by atomic mass is 16.6.